The molecule has 1 N–H and O–H groups in total. The number of benzene rings is 1. The molecule has 21 heavy (non-hydrogen) atoms. The van der Waals surface area contributed by atoms with Crippen molar-refractivity contribution in [2.45, 2.75) is 25.0 Å². The second-order valence-corrected chi connectivity index (χ2v) is 6.19. The molecular weight excluding hydrogens is 333 g/mol. The van der Waals surface area contributed by atoms with Gasteiger partial charge in [0.1, 0.15) is 0 Å². The number of anilines is 1. The van der Waals surface area contributed by atoms with Gasteiger partial charge in [0, 0.05) is 0 Å². The van der Waals surface area contributed by atoms with Crippen molar-refractivity contribution in [3.05, 3.63) is 28.2 Å². The third kappa shape index (κ3) is 4.09. The molecule has 1 aromatic carbocycles. The molecule has 2 aromatic rings. The van der Waals surface area contributed by atoms with Crippen molar-refractivity contribution in [3.8, 4) is 0 Å². The molecule has 1 amide bonds. The van der Waals surface area contributed by atoms with Gasteiger partial charge in [0.05, 0.1) is 27.5 Å². The van der Waals surface area contributed by atoms with Crippen LogP contribution in [0, 0.1) is 0 Å². The summed E-state index contributed by atoms with van der Waals surface area (Å²) < 4.78 is 1.65. The number of thioether (sulfide) groups is 1. The molecule has 6 nitrogen and oxygen atoms in total. The molecule has 0 fully saturated rings. The highest BCUT2D eigenvalue weighted by atomic mass is 35.5. The summed E-state index contributed by atoms with van der Waals surface area (Å²) in [6, 6.07) is 5.17. The van der Waals surface area contributed by atoms with E-state index in [9.17, 15) is 4.79 Å². The number of para-hydroxylation sites is 1. The average Bonchev–Trinajstić information content (AvgIpc) is 2.89. The third-order valence-electron chi connectivity index (χ3n) is 2.51. The summed E-state index contributed by atoms with van der Waals surface area (Å²) in [6.45, 7) is 3.92. The lowest BCUT2D eigenvalue weighted by Gasteiger charge is -2.09. The van der Waals surface area contributed by atoms with Crippen LogP contribution in [0.3, 0.4) is 0 Å². The van der Waals surface area contributed by atoms with Crippen LogP contribution in [0.25, 0.3) is 0 Å². The Morgan fingerprint density at radius 3 is 2.67 bits per heavy atom. The molecule has 2 rings (SSSR count). The van der Waals surface area contributed by atoms with Crippen LogP contribution in [-0.2, 0) is 4.79 Å². The van der Waals surface area contributed by atoms with E-state index in [0.29, 0.717) is 20.9 Å². The quantitative estimate of drug-likeness (QED) is 0.841. The maximum Gasteiger partial charge on any atom is 0.234 e. The van der Waals surface area contributed by atoms with Gasteiger partial charge in [-0.1, -0.05) is 41.0 Å². The summed E-state index contributed by atoms with van der Waals surface area (Å²) in [5.74, 6) is -0.0671. The molecule has 0 bridgehead atoms. The van der Waals surface area contributed by atoms with Gasteiger partial charge in [-0.3, -0.25) is 4.79 Å². The Morgan fingerprint density at radius 2 is 2.05 bits per heavy atom. The second-order valence-electron chi connectivity index (χ2n) is 4.43. The Balaban J connectivity index is 1.98. The summed E-state index contributed by atoms with van der Waals surface area (Å²) in [7, 11) is 0. The van der Waals surface area contributed by atoms with E-state index in [1.54, 1.807) is 22.9 Å². The molecular formula is C12H13Cl2N5OS. The van der Waals surface area contributed by atoms with Gasteiger partial charge in [-0.25, -0.2) is 4.68 Å². The highest BCUT2D eigenvalue weighted by Gasteiger charge is 2.14. The lowest BCUT2D eigenvalue weighted by Crippen LogP contribution is -2.15. The molecule has 112 valence electrons. The molecule has 1 aromatic heterocycles. The smallest absolute Gasteiger partial charge is 0.234 e. The largest absolute Gasteiger partial charge is 0.323 e. The monoisotopic (exact) mass is 345 g/mol. The van der Waals surface area contributed by atoms with Gasteiger partial charge in [0.2, 0.25) is 11.1 Å². The topological polar surface area (TPSA) is 72.7 Å². The normalized spacial score (nSPS) is 10.9. The summed E-state index contributed by atoms with van der Waals surface area (Å²) in [4.78, 5) is 12.0. The van der Waals surface area contributed by atoms with Crippen molar-refractivity contribution in [1.82, 2.24) is 20.2 Å². The predicted molar refractivity (Wildman–Crippen MR) is 84.0 cm³/mol. The van der Waals surface area contributed by atoms with Crippen molar-refractivity contribution in [2.75, 3.05) is 11.1 Å². The first-order valence-electron chi connectivity index (χ1n) is 6.13. The van der Waals surface area contributed by atoms with Crippen molar-refractivity contribution in [3.63, 3.8) is 0 Å². The highest BCUT2D eigenvalue weighted by Crippen LogP contribution is 2.30. The van der Waals surface area contributed by atoms with Crippen LogP contribution in [-0.4, -0.2) is 31.9 Å². The summed E-state index contributed by atoms with van der Waals surface area (Å²) >= 11 is 13.2. The molecule has 0 unspecified atom stereocenters. The first kappa shape index (κ1) is 16.1. The predicted octanol–water partition coefficient (Wildman–Crippen LogP) is 3.29. The highest BCUT2D eigenvalue weighted by molar-refractivity contribution is 7.99. The average molecular weight is 346 g/mol. The van der Waals surface area contributed by atoms with Crippen molar-refractivity contribution in [2.24, 2.45) is 0 Å². The van der Waals surface area contributed by atoms with E-state index in [2.05, 4.69) is 20.8 Å². The molecule has 9 heteroatoms. The number of carbonyl (C=O) groups excluding carboxylic acids is 1. The van der Waals surface area contributed by atoms with Crippen LogP contribution < -0.4 is 5.32 Å². The van der Waals surface area contributed by atoms with E-state index in [-0.39, 0.29) is 17.7 Å². The van der Waals surface area contributed by atoms with E-state index in [1.165, 1.54) is 11.8 Å². The number of rotatable bonds is 5. The number of nitrogens with zero attached hydrogens (tertiary/aromatic N) is 4. The summed E-state index contributed by atoms with van der Waals surface area (Å²) in [5, 5.41) is 15.4. The zero-order valence-corrected chi connectivity index (χ0v) is 13.7. The first-order valence-corrected chi connectivity index (χ1v) is 7.87. The van der Waals surface area contributed by atoms with E-state index >= 15 is 0 Å². The second kappa shape index (κ2) is 7.11. The van der Waals surface area contributed by atoms with Crippen LogP contribution in [0.15, 0.2) is 23.4 Å². The third-order valence-corrected chi connectivity index (χ3v) is 4.07. The van der Waals surface area contributed by atoms with Gasteiger partial charge in [0.25, 0.3) is 0 Å². The lowest BCUT2D eigenvalue weighted by molar-refractivity contribution is -0.113. The van der Waals surface area contributed by atoms with Crippen LogP contribution in [0.5, 0.6) is 0 Å². The lowest BCUT2D eigenvalue weighted by atomic mass is 10.3. The number of carbonyl (C=O) groups is 1. The number of amides is 1. The van der Waals surface area contributed by atoms with Crippen LogP contribution in [0.2, 0.25) is 10.0 Å². The maximum absolute atomic E-state index is 12.0. The molecule has 0 aliphatic carbocycles. The SMILES string of the molecule is CC(C)n1nnnc1SCC(=O)Nc1c(Cl)cccc1Cl. The molecule has 0 atom stereocenters. The number of hydrogen-bond acceptors (Lipinski definition) is 5. The molecule has 1 heterocycles. The first-order chi connectivity index (χ1) is 9.99. The minimum absolute atomic E-state index is 0.128. The van der Waals surface area contributed by atoms with Gasteiger partial charge in [0.15, 0.2) is 0 Å². The van der Waals surface area contributed by atoms with E-state index < -0.39 is 0 Å². The summed E-state index contributed by atoms with van der Waals surface area (Å²) in [6.07, 6.45) is 0. The minimum atomic E-state index is -0.228. The summed E-state index contributed by atoms with van der Waals surface area (Å²) in [5.41, 5.74) is 0.412. The van der Waals surface area contributed by atoms with Crippen molar-refractivity contribution < 1.29 is 4.79 Å². The fourth-order valence-corrected chi connectivity index (χ4v) is 2.83. The van der Waals surface area contributed by atoms with Crippen LogP contribution in [0.1, 0.15) is 19.9 Å². The Labute approximate surface area is 136 Å². The Hall–Kier alpha value is -1.31. The van der Waals surface area contributed by atoms with Gasteiger partial charge >= 0.3 is 0 Å². The fraction of sp³-hybridized carbons (Fsp3) is 0.333. The standard InChI is InChI=1S/C12H13Cl2N5OS/c1-7(2)19-12(16-17-18-19)21-6-10(20)15-11-8(13)4-3-5-9(11)14/h3-5,7H,6H2,1-2H3,(H,15,20). The van der Waals surface area contributed by atoms with E-state index in [1.807, 2.05) is 13.8 Å². The molecule has 0 aliphatic heterocycles. The van der Waals surface area contributed by atoms with E-state index in [4.69, 9.17) is 23.2 Å². The van der Waals surface area contributed by atoms with Gasteiger partial charge in [-0.15, -0.1) is 5.10 Å². The number of aromatic nitrogens is 4. The molecule has 0 saturated carbocycles. The number of nitrogens with one attached hydrogen (secondary N) is 1. The number of hydrogen-bond donors (Lipinski definition) is 1. The van der Waals surface area contributed by atoms with Gasteiger partial charge in [-0.2, -0.15) is 0 Å². The molecule has 0 aliphatic rings. The van der Waals surface area contributed by atoms with Crippen LogP contribution >= 0.6 is 35.0 Å². The molecule has 0 saturated heterocycles. The van der Waals surface area contributed by atoms with Crippen molar-refractivity contribution in [1.29, 1.82) is 0 Å². The van der Waals surface area contributed by atoms with Gasteiger partial charge in [-0.05, 0) is 36.4 Å². The van der Waals surface area contributed by atoms with E-state index in [0.717, 1.165) is 0 Å². The Morgan fingerprint density at radius 1 is 1.38 bits per heavy atom. The number of halogens is 2. The minimum Gasteiger partial charge on any atom is -0.323 e. The number of tetrazole rings is 1. The Kier molecular flexibility index (Phi) is 5.44. The Bertz CT molecular complexity index is 626. The van der Waals surface area contributed by atoms with Crippen LogP contribution in [0.4, 0.5) is 5.69 Å². The fourth-order valence-electron chi connectivity index (χ4n) is 1.53. The molecule has 0 radical (unpaired) electrons. The molecule has 0 spiro atoms. The zero-order chi connectivity index (χ0) is 15.4. The van der Waals surface area contributed by atoms with Gasteiger partial charge < -0.3 is 5.32 Å². The van der Waals surface area contributed by atoms with Crippen molar-refractivity contribution >= 4 is 46.6 Å². The zero-order valence-electron chi connectivity index (χ0n) is 11.4. The maximum atomic E-state index is 12.0.